The molecule has 1 aliphatic heterocycles. The van der Waals surface area contributed by atoms with Crippen molar-refractivity contribution in [3.63, 3.8) is 0 Å². The van der Waals surface area contributed by atoms with Crippen LogP contribution in [0.5, 0.6) is 0 Å². The second-order valence-electron chi connectivity index (χ2n) is 5.35. The minimum Gasteiger partial charge on any atom is -0.326 e. The van der Waals surface area contributed by atoms with Crippen LogP contribution in [0.1, 0.15) is 30.4 Å². The zero-order chi connectivity index (χ0) is 14.5. The summed E-state index contributed by atoms with van der Waals surface area (Å²) in [5.74, 6) is 0.571. The molecule has 2 unspecified atom stereocenters. The summed E-state index contributed by atoms with van der Waals surface area (Å²) < 4.78 is 11.3. The Kier molecular flexibility index (Phi) is 7.35. The number of nitrogens with one attached hydrogen (secondary N) is 2. The van der Waals surface area contributed by atoms with Crippen molar-refractivity contribution in [2.75, 3.05) is 18.1 Å². The molecule has 1 saturated heterocycles. The molecule has 1 amide bonds. The molecule has 1 heterocycles. The fraction of sp³-hybridized carbons (Fsp3) is 0.533. The van der Waals surface area contributed by atoms with Gasteiger partial charge in [-0.25, -0.2) is 0 Å². The number of carbonyl (C=O) groups excluding carboxylic acids is 1. The molecule has 0 radical (unpaired) electrons. The molecule has 4 nitrogen and oxygen atoms in total. The third kappa shape index (κ3) is 5.41. The van der Waals surface area contributed by atoms with Gasteiger partial charge in [0.2, 0.25) is 5.91 Å². The molecule has 2 rings (SSSR count). The van der Waals surface area contributed by atoms with Gasteiger partial charge in [-0.3, -0.25) is 9.00 Å². The van der Waals surface area contributed by atoms with Gasteiger partial charge in [0.05, 0.1) is 0 Å². The molecule has 1 fully saturated rings. The van der Waals surface area contributed by atoms with Crippen molar-refractivity contribution in [2.45, 2.75) is 38.0 Å². The molecule has 0 aromatic heterocycles. The fourth-order valence-corrected chi connectivity index (χ4v) is 3.30. The van der Waals surface area contributed by atoms with Crippen molar-refractivity contribution in [3.8, 4) is 0 Å². The lowest BCUT2D eigenvalue weighted by Crippen LogP contribution is -2.27. The standard InChI is InChI=1S/C15H22N2O2S.ClH/c1-11-12(10-20(2)19)5-3-7-14(11)17-15(18)9-13-6-4-8-16-13;/h3,5,7,13,16H,4,6,8-10H2,1-2H3,(H,17,18);1H. The van der Waals surface area contributed by atoms with E-state index in [9.17, 15) is 9.00 Å². The molecular weight excluding hydrogens is 308 g/mol. The maximum Gasteiger partial charge on any atom is 0.225 e. The van der Waals surface area contributed by atoms with E-state index in [4.69, 9.17) is 0 Å². The van der Waals surface area contributed by atoms with E-state index in [-0.39, 0.29) is 18.3 Å². The highest BCUT2D eigenvalue weighted by atomic mass is 35.5. The summed E-state index contributed by atoms with van der Waals surface area (Å²) in [5, 5.41) is 6.30. The number of amides is 1. The molecule has 0 aliphatic carbocycles. The van der Waals surface area contributed by atoms with Crippen LogP contribution in [0.15, 0.2) is 18.2 Å². The van der Waals surface area contributed by atoms with E-state index in [1.165, 1.54) is 0 Å². The Bertz CT molecular complexity index is 516. The number of anilines is 1. The van der Waals surface area contributed by atoms with Crippen LogP contribution in [0.25, 0.3) is 0 Å². The van der Waals surface area contributed by atoms with Gasteiger partial charge in [0.15, 0.2) is 0 Å². The molecule has 1 aromatic rings. The minimum atomic E-state index is -0.874. The molecule has 1 aromatic carbocycles. The van der Waals surface area contributed by atoms with Crippen LogP contribution in [0.2, 0.25) is 0 Å². The number of rotatable bonds is 5. The summed E-state index contributed by atoms with van der Waals surface area (Å²) in [6.45, 7) is 2.97. The van der Waals surface area contributed by atoms with Crippen LogP contribution in [0, 0.1) is 6.92 Å². The first-order chi connectivity index (χ1) is 9.56. The lowest BCUT2D eigenvalue weighted by Gasteiger charge is -2.14. The second kappa shape index (κ2) is 8.51. The summed E-state index contributed by atoms with van der Waals surface area (Å²) >= 11 is 0. The predicted molar refractivity (Wildman–Crippen MR) is 90.5 cm³/mol. The van der Waals surface area contributed by atoms with Gasteiger partial charge in [0, 0.05) is 41.0 Å². The van der Waals surface area contributed by atoms with Gasteiger partial charge < -0.3 is 10.6 Å². The highest BCUT2D eigenvalue weighted by Crippen LogP contribution is 2.21. The molecule has 6 heteroatoms. The molecule has 21 heavy (non-hydrogen) atoms. The van der Waals surface area contributed by atoms with E-state index >= 15 is 0 Å². The zero-order valence-corrected chi connectivity index (χ0v) is 14.1. The third-order valence-electron chi connectivity index (χ3n) is 3.67. The van der Waals surface area contributed by atoms with Crippen LogP contribution in [0.3, 0.4) is 0 Å². The zero-order valence-electron chi connectivity index (χ0n) is 12.5. The Morgan fingerprint density at radius 2 is 2.24 bits per heavy atom. The number of halogens is 1. The van der Waals surface area contributed by atoms with E-state index in [2.05, 4.69) is 10.6 Å². The molecule has 0 spiro atoms. The number of hydrogen-bond acceptors (Lipinski definition) is 3. The van der Waals surface area contributed by atoms with Gasteiger partial charge in [-0.15, -0.1) is 12.4 Å². The molecule has 0 bridgehead atoms. The molecule has 1 aliphatic rings. The van der Waals surface area contributed by atoms with Gasteiger partial charge in [0.1, 0.15) is 0 Å². The Morgan fingerprint density at radius 1 is 1.48 bits per heavy atom. The summed E-state index contributed by atoms with van der Waals surface area (Å²) in [7, 11) is -0.874. The van der Waals surface area contributed by atoms with Crippen molar-refractivity contribution < 1.29 is 9.00 Å². The Hall–Kier alpha value is -0.910. The van der Waals surface area contributed by atoms with Crippen molar-refractivity contribution in [1.29, 1.82) is 0 Å². The molecule has 2 atom stereocenters. The van der Waals surface area contributed by atoms with E-state index in [1.54, 1.807) is 6.26 Å². The van der Waals surface area contributed by atoms with E-state index < -0.39 is 10.8 Å². The van der Waals surface area contributed by atoms with Crippen molar-refractivity contribution in [2.24, 2.45) is 0 Å². The number of hydrogen-bond donors (Lipinski definition) is 2. The lowest BCUT2D eigenvalue weighted by atomic mass is 10.1. The van der Waals surface area contributed by atoms with Crippen molar-refractivity contribution in [3.05, 3.63) is 29.3 Å². The molecule has 2 N–H and O–H groups in total. The molecular formula is C15H23ClN2O2S. The maximum absolute atomic E-state index is 12.0. The van der Waals surface area contributed by atoms with Crippen LogP contribution >= 0.6 is 12.4 Å². The topological polar surface area (TPSA) is 58.2 Å². The smallest absolute Gasteiger partial charge is 0.225 e. The average molecular weight is 331 g/mol. The maximum atomic E-state index is 12.0. The molecule has 118 valence electrons. The normalized spacial score (nSPS) is 18.9. The first kappa shape index (κ1) is 18.1. The summed E-state index contributed by atoms with van der Waals surface area (Å²) in [6, 6.07) is 6.07. The Balaban J connectivity index is 0.00000220. The second-order valence-corrected chi connectivity index (χ2v) is 6.79. The minimum absolute atomic E-state index is 0. The lowest BCUT2D eigenvalue weighted by molar-refractivity contribution is -0.116. The summed E-state index contributed by atoms with van der Waals surface area (Å²) in [6.07, 6.45) is 4.43. The first-order valence-corrected chi connectivity index (χ1v) is 8.70. The Morgan fingerprint density at radius 3 is 2.86 bits per heavy atom. The third-order valence-corrected chi connectivity index (χ3v) is 4.39. The highest BCUT2D eigenvalue weighted by molar-refractivity contribution is 7.83. The van der Waals surface area contributed by atoms with Crippen LogP contribution in [-0.2, 0) is 21.3 Å². The number of benzene rings is 1. The summed E-state index contributed by atoms with van der Waals surface area (Å²) in [4.78, 5) is 12.0. The average Bonchev–Trinajstić information content (AvgIpc) is 2.86. The SMILES string of the molecule is Cc1c(CS(C)=O)cccc1NC(=O)CC1CCCN1.Cl. The van der Waals surface area contributed by atoms with Crippen LogP contribution < -0.4 is 10.6 Å². The highest BCUT2D eigenvalue weighted by Gasteiger charge is 2.18. The first-order valence-electron chi connectivity index (χ1n) is 6.98. The fourth-order valence-electron chi connectivity index (χ4n) is 2.55. The van der Waals surface area contributed by atoms with E-state index in [0.717, 1.165) is 36.2 Å². The largest absolute Gasteiger partial charge is 0.326 e. The van der Waals surface area contributed by atoms with Gasteiger partial charge in [-0.1, -0.05) is 12.1 Å². The summed E-state index contributed by atoms with van der Waals surface area (Å²) in [5.41, 5.74) is 2.87. The Labute approximate surface area is 134 Å². The monoisotopic (exact) mass is 330 g/mol. The number of carbonyl (C=O) groups is 1. The van der Waals surface area contributed by atoms with Gasteiger partial charge in [-0.05, 0) is 43.5 Å². The van der Waals surface area contributed by atoms with E-state index in [1.807, 2.05) is 25.1 Å². The molecule has 0 saturated carbocycles. The van der Waals surface area contributed by atoms with Crippen molar-refractivity contribution >= 4 is 34.8 Å². The van der Waals surface area contributed by atoms with Crippen LogP contribution in [0.4, 0.5) is 5.69 Å². The van der Waals surface area contributed by atoms with Gasteiger partial charge in [-0.2, -0.15) is 0 Å². The van der Waals surface area contributed by atoms with Crippen molar-refractivity contribution in [1.82, 2.24) is 5.32 Å². The quantitative estimate of drug-likeness (QED) is 0.871. The predicted octanol–water partition coefficient (Wildman–Crippen LogP) is 2.38. The van der Waals surface area contributed by atoms with E-state index in [0.29, 0.717) is 18.2 Å². The van der Waals surface area contributed by atoms with Gasteiger partial charge in [0.25, 0.3) is 0 Å². The van der Waals surface area contributed by atoms with Crippen LogP contribution in [-0.4, -0.2) is 29.0 Å². The van der Waals surface area contributed by atoms with Gasteiger partial charge >= 0.3 is 0 Å².